The molecule has 2 aromatic rings. The summed E-state index contributed by atoms with van der Waals surface area (Å²) in [5.74, 6) is 0.765. The van der Waals surface area contributed by atoms with Crippen molar-refractivity contribution in [2.75, 3.05) is 26.7 Å². The van der Waals surface area contributed by atoms with Gasteiger partial charge >= 0.3 is 0 Å². The van der Waals surface area contributed by atoms with Crippen molar-refractivity contribution in [2.24, 2.45) is 0 Å². The molecular formula is C20H25Cl2FN2O2. The summed E-state index contributed by atoms with van der Waals surface area (Å²) in [4.78, 5) is 0. The Kier molecular flexibility index (Phi) is 9.15. The van der Waals surface area contributed by atoms with E-state index in [4.69, 9.17) is 32.7 Å². The summed E-state index contributed by atoms with van der Waals surface area (Å²) in [5.41, 5.74) is 1.63. The normalized spacial score (nSPS) is 10.9. The van der Waals surface area contributed by atoms with E-state index in [0.29, 0.717) is 40.3 Å². The first kappa shape index (κ1) is 21.8. The van der Waals surface area contributed by atoms with Crippen LogP contribution >= 0.6 is 23.2 Å². The van der Waals surface area contributed by atoms with Crippen LogP contribution in [-0.4, -0.2) is 26.7 Å². The molecule has 0 heterocycles. The van der Waals surface area contributed by atoms with Gasteiger partial charge < -0.3 is 20.1 Å². The Labute approximate surface area is 170 Å². The molecule has 0 saturated carbocycles. The molecule has 2 rings (SSSR count). The maximum Gasteiger partial charge on any atom is 0.163 e. The summed E-state index contributed by atoms with van der Waals surface area (Å²) >= 11 is 12.5. The van der Waals surface area contributed by atoms with Crippen molar-refractivity contribution < 1.29 is 13.9 Å². The van der Waals surface area contributed by atoms with Crippen LogP contribution in [0.25, 0.3) is 0 Å². The summed E-state index contributed by atoms with van der Waals surface area (Å²) in [7, 11) is 1.93. The van der Waals surface area contributed by atoms with Crippen LogP contribution in [0.3, 0.4) is 0 Å². The Morgan fingerprint density at radius 2 is 1.70 bits per heavy atom. The Bertz CT molecular complexity index is 744. The maximum atomic E-state index is 13.2. The second-order valence-electron chi connectivity index (χ2n) is 5.98. The molecule has 0 aliphatic carbocycles. The summed E-state index contributed by atoms with van der Waals surface area (Å²) in [6.45, 7) is 5.10. The molecule has 27 heavy (non-hydrogen) atoms. The molecule has 0 aliphatic heterocycles. The molecule has 2 aromatic carbocycles. The van der Waals surface area contributed by atoms with Gasteiger partial charge in [0.15, 0.2) is 11.5 Å². The van der Waals surface area contributed by atoms with Gasteiger partial charge in [-0.25, -0.2) is 4.39 Å². The van der Waals surface area contributed by atoms with Gasteiger partial charge in [-0.3, -0.25) is 0 Å². The molecule has 148 valence electrons. The largest absolute Gasteiger partial charge is 0.490 e. The van der Waals surface area contributed by atoms with Crippen LogP contribution in [0.5, 0.6) is 11.5 Å². The molecule has 0 bridgehead atoms. The lowest BCUT2D eigenvalue weighted by atomic mass is 10.2. The van der Waals surface area contributed by atoms with Crippen LogP contribution in [0.1, 0.15) is 24.5 Å². The molecular weight excluding hydrogens is 390 g/mol. The Morgan fingerprint density at radius 1 is 0.963 bits per heavy atom. The van der Waals surface area contributed by atoms with Crippen LogP contribution in [0, 0.1) is 5.82 Å². The Balaban J connectivity index is 2.07. The van der Waals surface area contributed by atoms with Gasteiger partial charge in [0, 0.05) is 23.2 Å². The van der Waals surface area contributed by atoms with Crippen molar-refractivity contribution >= 4 is 23.2 Å². The van der Waals surface area contributed by atoms with Crippen molar-refractivity contribution in [1.82, 2.24) is 10.6 Å². The molecule has 4 nitrogen and oxygen atoms in total. The molecule has 0 radical (unpaired) electrons. The van der Waals surface area contributed by atoms with Gasteiger partial charge in [0.1, 0.15) is 12.4 Å². The van der Waals surface area contributed by atoms with E-state index >= 15 is 0 Å². The minimum absolute atomic E-state index is 0.192. The standard InChI is InChI=1S/C20H25Cl2FN2O2/c1-3-26-19-9-15(12-25-8-4-7-24-2)18(22)11-20(19)27-13-14-5-6-16(23)10-17(14)21/h5-6,9-11,24-25H,3-4,7-8,12-13H2,1-2H3. The molecule has 0 aliphatic rings. The average molecular weight is 415 g/mol. The minimum Gasteiger partial charge on any atom is -0.490 e. The average Bonchev–Trinajstić information content (AvgIpc) is 2.63. The number of nitrogens with one attached hydrogen (secondary N) is 2. The molecule has 0 atom stereocenters. The van der Waals surface area contributed by atoms with Crippen LogP contribution in [0.4, 0.5) is 4.39 Å². The van der Waals surface area contributed by atoms with Crippen molar-refractivity contribution in [3.05, 3.63) is 57.3 Å². The number of ether oxygens (including phenoxy) is 2. The first-order chi connectivity index (χ1) is 13.0. The van der Waals surface area contributed by atoms with E-state index in [1.54, 1.807) is 12.1 Å². The quantitative estimate of drug-likeness (QED) is 0.517. The first-order valence-electron chi connectivity index (χ1n) is 8.92. The molecule has 0 spiro atoms. The fourth-order valence-corrected chi connectivity index (χ4v) is 2.94. The zero-order valence-corrected chi connectivity index (χ0v) is 17.1. The van der Waals surface area contributed by atoms with Gasteiger partial charge in [0.05, 0.1) is 11.6 Å². The van der Waals surface area contributed by atoms with Crippen LogP contribution in [-0.2, 0) is 13.2 Å². The zero-order chi connectivity index (χ0) is 19.6. The van der Waals surface area contributed by atoms with Crippen molar-refractivity contribution in [2.45, 2.75) is 26.5 Å². The van der Waals surface area contributed by atoms with Crippen molar-refractivity contribution in [1.29, 1.82) is 0 Å². The highest BCUT2D eigenvalue weighted by Gasteiger charge is 2.12. The highest BCUT2D eigenvalue weighted by Crippen LogP contribution is 2.34. The van der Waals surface area contributed by atoms with Crippen LogP contribution < -0.4 is 20.1 Å². The molecule has 0 aromatic heterocycles. The summed E-state index contributed by atoms with van der Waals surface area (Å²) < 4.78 is 24.7. The second-order valence-corrected chi connectivity index (χ2v) is 6.80. The minimum atomic E-state index is -0.381. The van der Waals surface area contributed by atoms with E-state index in [1.165, 1.54) is 12.1 Å². The van der Waals surface area contributed by atoms with E-state index in [-0.39, 0.29) is 12.4 Å². The molecule has 2 N–H and O–H groups in total. The van der Waals surface area contributed by atoms with E-state index in [1.807, 2.05) is 20.0 Å². The fourth-order valence-electron chi connectivity index (χ4n) is 2.50. The summed E-state index contributed by atoms with van der Waals surface area (Å²) in [6, 6.07) is 7.85. The molecule has 0 unspecified atom stereocenters. The molecule has 0 saturated heterocycles. The SMILES string of the molecule is CCOc1cc(CNCCCNC)c(Cl)cc1OCc1ccc(F)cc1Cl. The lowest BCUT2D eigenvalue weighted by Crippen LogP contribution is -2.19. The van der Waals surface area contributed by atoms with Gasteiger partial charge in [-0.05, 0) is 57.2 Å². The Morgan fingerprint density at radius 3 is 2.41 bits per heavy atom. The summed E-state index contributed by atoms with van der Waals surface area (Å²) in [5, 5.41) is 7.39. The smallest absolute Gasteiger partial charge is 0.163 e. The highest BCUT2D eigenvalue weighted by molar-refractivity contribution is 6.31. The van der Waals surface area contributed by atoms with Crippen molar-refractivity contribution in [3.63, 3.8) is 0 Å². The number of rotatable bonds is 11. The first-order valence-corrected chi connectivity index (χ1v) is 9.68. The van der Waals surface area contributed by atoms with Gasteiger partial charge in [-0.2, -0.15) is 0 Å². The monoisotopic (exact) mass is 414 g/mol. The van der Waals surface area contributed by atoms with Gasteiger partial charge in [0.25, 0.3) is 0 Å². The highest BCUT2D eigenvalue weighted by atomic mass is 35.5. The summed E-state index contributed by atoms with van der Waals surface area (Å²) in [6.07, 6.45) is 1.03. The molecule has 0 amide bonds. The van der Waals surface area contributed by atoms with E-state index in [9.17, 15) is 4.39 Å². The van der Waals surface area contributed by atoms with Crippen LogP contribution in [0.15, 0.2) is 30.3 Å². The lowest BCUT2D eigenvalue weighted by molar-refractivity contribution is 0.269. The third-order valence-corrected chi connectivity index (χ3v) is 4.61. The van der Waals surface area contributed by atoms with E-state index < -0.39 is 0 Å². The second kappa shape index (κ2) is 11.3. The van der Waals surface area contributed by atoms with Gasteiger partial charge in [-0.15, -0.1) is 0 Å². The lowest BCUT2D eigenvalue weighted by Gasteiger charge is -2.16. The van der Waals surface area contributed by atoms with Gasteiger partial charge in [-0.1, -0.05) is 29.3 Å². The third-order valence-electron chi connectivity index (χ3n) is 3.91. The van der Waals surface area contributed by atoms with Crippen molar-refractivity contribution in [3.8, 4) is 11.5 Å². The van der Waals surface area contributed by atoms with Crippen LogP contribution in [0.2, 0.25) is 10.0 Å². The number of benzene rings is 2. The van der Waals surface area contributed by atoms with Gasteiger partial charge in [0.2, 0.25) is 0 Å². The molecule has 7 heteroatoms. The predicted octanol–water partition coefficient (Wildman–Crippen LogP) is 4.81. The third kappa shape index (κ3) is 6.85. The predicted molar refractivity (Wildman–Crippen MR) is 109 cm³/mol. The maximum absolute atomic E-state index is 13.2. The van der Waals surface area contributed by atoms with E-state index in [2.05, 4.69) is 10.6 Å². The topological polar surface area (TPSA) is 42.5 Å². The Hall–Kier alpha value is -1.53. The number of hydrogen-bond donors (Lipinski definition) is 2. The fraction of sp³-hybridized carbons (Fsp3) is 0.400. The van der Waals surface area contributed by atoms with E-state index in [0.717, 1.165) is 25.1 Å². The number of hydrogen-bond acceptors (Lipinski definition) is 4. The molecule has 0 fully saturated rings. The number of halogens is 3. The zero-order valence-electron chi connectivity index (χ0n) is 15.6.